The highest BCUT2D eigenvalue weighted by atomic mass is 35.5. The number of aromatic nitrogens is 1. The van der Waals surface area contributed by atoms with E-state index < -0.39 is 10.2 Å². The molecule has 0 saturated carbocycles. The van der Waals surface area contributed by atoms with Crippen LogP contribution in [0.4, 0.5) is 0 Å². The summed E-state index contributed by atoms with van der Waals surface area (Å²) in [5.41, 5.74) is 0.985. The van der Waals surface area contributed by atoms with Crippen LogP contribution in [-0.4, -0.2) is 49.2 Å². The highest BCUT2D eigenvalue weighted by molar-refractivity contribution is 7.86. The molecule has 0 aliphatic carbocycles. The van der Waals surface area contributed by atoms with Crippen LogP contribution in [0.15, 0.2) is 18.3 Å². The fourth-order valence-electron chi connectivity index (χ4n) is 2.29. The van der Waals surface area contributed by atoms with E-state index in [1.165, 1.54) is 8.61 Å². The molecule has 1 atom stereocenters. The van der Waals surface area contributed by atoms with Gasteiger partial charge in [0.25, 0.3) is 10.2 Å². The van der Waals surface area contributed by atoms with Gasteiger partial charge in [-0.05, 0) is 30.4 Å². The van der Waals surface area contributed by atoms with E-state index in [9.17, 15) is 8.42 Å². The minimum absolute atomic E-state index is 0.302. The van der Waals surface area contributed by atoms with Crippen molar-refractivity contribution >= 4 is 21.8 Å². The Hall–Kier alpha value is -0.690. The zero-order valence-corrected chi connectivity index (χ0v) is 12.7. The van der Waals surface area contributed by atoms with Crippen molar-refractivity contribution in [3.63, 3.8) is 0 Å². The summed E-state index contributed by atoms with van der Waals surface area (Å²) in [7, 11) is -0.181. The Kier molecular flexibility index (Phi) is 4.45. The molecule has 19 heavy (non-hydrogen) atoms. The Morgan fingerprint density at radius 2 is 2.26 bits per heavy atom. The van der Waals surface area contributed by atoms with Crippen LogP contribution in [0, 0.1) is 5.92 Å². The molecule has 2 heterocycles. The van der Waals surface area contributed by atoms with E-state index in [2.05, 4.69) is 4.98 Å². The summed E-state index contributed by atoms with van der Waals surface area (Å²) < 4.78 is 26.8. The Labute approximate surface area is 119 Å². The summed E-state index contributed by atoms with van der Waals surface area (Å²) in [6, 6.07) is 3.79. The number of halogens is 1. The normalized spacial score (nSPS) is 21.2. The van der Waals surface area contributed by atoms with Crippen molar-refractivity contribution in [3.8, 4) is 0 Å². The fourth-order valence-corrected chi connectivity index (χ4v) is 3.68. The standard InChI is InChI=1S/C12H18ClN3O2S/c1-15(2)19(17,18)16-7-5-10(9-16)8-11-4-3-6-14-12(11)13/h3-4,6,10H,5,7-9H2,1-2H3/t10-/m1/s1. The lowest BCUT2D eigenvalue weighted by Crippen LogP contribution is -2.38. The second kappa shape index (κ2) is 5.75. The van der Waals surface area contributed by atoms with Crippen molar-refractivity contribution in [2.45, 2.75) is 12.8 Å². The zero-order chi connectivity index (χ0) is 14.0. The van der Waals surface area contributed by atoms with Crippen LogP contribution in [0.1, 0.15) is 12.0 Å². The molecule has 1 aromatic heterocycles. The lowest BCUT2D eigenvalue weighted by atomic mass is 10.0. The minimum Gasteiger partial charge on any atom is -0.244 e. The van der Waals surface area contributed by atoms with Gasteiger partial charge in [0.15, 0.2) is 0 Å². The van der Waals surface area contributed by atoms with Gasteiger partial charge in [-0.15, -0.1) is 0 Å². The van der Waals surface area contributed by atoms with Gasteiger partial charge in [0.05, 0.1) is 0 Å². The van der Waals surface area contributed by atoms with E-state index in [-0.39, 0.29) is 0 Å². The maximum atomic E-state index is 12.0. The van der Waals surface area contributed by atoms with Crippen LogP contribution in [0.25, 0.3) is 0 Å². The second-order valence-corrected chi connectivity index (χ2v) is 7.46. The van der Waals surface area contributed by atoms with Crippen LogP contribution in [0.2, 0.25) is 5.15 Å². The van der Waals surface area contributed by atoms with Crippen molar-refractivity contribution in [1.29, 1.82) is 0 Å². The molecular formula is C12H18ClN3O2S. The second-order valence-electron chi connectivity index (χ2n) is 4.96. The average molecular weight is 304 g/mol. The van der Waals surface area contributed by atoms with Gasteiger partial charge in [-0.3, -0.25) is 0 Å². The van der Waals surface area contributed by atoms with E-state index in [1.54, 1.807) is 20.3 Å². The smallest absolute Gasteiger partial charge is 0.244 e. The van der Waals surface area contributed by atoms with Crippen molar-refractivity contribution in [3.05, 3.63) is 29.0 Å². The molecule has 5 nitrogen and oxygen atoms in total. The van der Waals surface area contributed by atoms with Gasteiger partial charge in [-0.1, -0.05) is 17.7 Å². The molecule has 1 aliphatic heterocycles. The van der Waals surface area contributed by atoms with E-state index in [4.69, 9.17) is 11.6 Å². The van der Waals surface area contributed by atoms with Crippen molar-refractivity contribution in [1.82, 2.24) is 13.6 Å². The Morgan fingerprint density at radius 3 is 2.89 bits per heavy atom. The Balaban J connectivity index is 2.02. The first kappa shape index (κ1) is 14.7. The van der Waals surface area contributed by atoms with Crippen LogP contribution < -0.4 is 0 Å². The highest BCUT2D eigenvalue weighted by Gasteiger charge is 2.32. The maximum absolute atomic E-state index is 12.0. The predicted octanol–water partition coefficient (Wildman–Crippen LogP) is 1.41. The number of hydrogen-bond donors (Lipinski definition) is 0. The summed E-state index contributed by atoms with van der Waals surface area (Å²) in [4.78, 5) is 4.04. The Morgan fingerprint density at radius 1 is 1.53 bits per heavy atom. The molecular weight excluding hydrogens is 286 g/mol. The van der Waals surface area contributed by atoms with Crippen LogP contribution in [0.3, 0.4) is 0 Å². The lowest BCUT2D eigenvalue weighted by Gasteiger charge is -2.20. The average Bonchev–Trinajstić information content (AvgIpc) is 2.81. The van der Waals surface area contributed by atoms with E-state index in [0.29, 0.717) is 24.2 Å². The number of rotatable bonds is 4. The molecule has 0 N–H and O–H groups in total. The minimum atomic E-state index is -3.29. The monoisotopic (exact) mass is 303 g/mol. The van der Waals surface area contributed by atoms with Crippen molar-refractivity contribution in [2.24, 2.45) is 5.92 Å². The first-order chi connectivity index (χ1) is 8.91. The molecule has 0 unspecified atom stereocenters. The lowest BCUT2D eigenvalue weighted by molar-refractivity contribution is 0.409. The third-order valence-corrected chi connectivity index (χ3v) is 5.63. The van der Waals surface area contributed by atoms with Gasteiger partial charge in [0.1, 0.15) is 5.15 Å². The molecule has 1 aliphatic rings. The first-order valence-electron chi connectivity index (χ1n) is 6.18. The van der Waals surface area contributed by atoms with Gasteiger partial charge >= 0.3 is 0 Å². The largest absolute Gasteiger partial charge is 0.281 e. The SMILES string of the molecule is CN(C)S(=O)(=O)N1CC[C@H](Cc2cccnc2Cl)C1. The first-order valence-corrected chi connectivity index (χ1v) is 7.95. The van der Waals surface area contributed by atoms with Crippen LogP contribution in [-0.2, 0) is 16.6 Å². The topological polar surface area (TPSA) is 53.5 Å². The van der Waals surface area contributed by atoms with E-state index in [1.807, 2.05) is 12.1 Å². The third-order valence-electron chi connectivity index (χ3n) is 3.38. The van der Waals surface area contributed by atoms with Gasteiger partial charge in [-0.25, -0.2) is 4.98 Å². The Bertz CT molecular complexity index is 548. The fraction of sp³-hybridized carbons (Fsp3) is 0.583. The summed E-state index contributed by atoms with van der Waals surface area (Å²) in [5.74, 6) is 0.302. The molecule has 0 spiro atoms. The molecule has 0 amide bonds. The highest BCUT2D eigenvalue weighted by Crippen LogP contribution is 2.25. The molecule has 1 fully saturated rings. The van der Waals surface area contributed by atoms with Crippen LogP contribution in [0.5, 0.6) is 0 Å². The molecule has 0 aromatic carbocycles. The van der Waals surface area contributed by atoms with Gasteiger partial charge < -0.3 is 0 Å². The van der Waals surface area contributed by atoms with E-state index >= 15 is 0 Å². The zero-order valence-electron chi connectivity index (χ0n) is 11.1. The summed E-state index contributed by atoms with van der Waals surface area (Å²) >= 11 is 6.03. The molecule has 0 bridgehead atoms. The van der Waals surface area contributed by atoms with Gasteiger partial charge in [0, 0.05) is 33.4 Å². The number of nitrogens with zero attached hydrogens (tertiary/aromatic N) is 3. The number of hydrogen-bond acceptors (Lipinski definition) is 3. The van der Waals surface area contributed by atoms with Gasteiger partial charge in [-0.2, -0.15) is 17.0 Å². The molecule has 0 radical (unpaired) electrons. The molecule has 2 rings (SSSR count). The summed E-state index contributed by atoms with van der Waals surface area (Å²) in [6.07, 6.45) is 3.29. The van der Waals surface area contributed by atoms with Crippen LogP contribution >= 0.6 is 11.6 Å². The summed E-state index contributed by atoms with van der Waals surface area (Å²) in [5, 5.41) is 0.511. The van der Waals surface area contributed by atoms with Gasteiger partial charge in [0.2, 0.25) is 0 Å². The predicted molar refractivity (Wildman–Crippen MR) is 75.2 cm³/mol. The molecule has 7 heteroatoms. The molecule has 106 valence electrons. The summed E-state index contributed by atoms with van der Waals surface area (Å²) in [6.45, 7) is 1.12. The van der Waals surface area contributed by atoms with E-state index in [0.717, 1.165) is 18.4 Å². The molecule has 1 saturated heterocycles. The quantitative estimate of drug-likeness (QED) is 0.790. The maximum Gasteiger partial charge on any atom is 0.281 e. The molecule has 1 aromatic rings. The third kappa shape index (κ3) is 3.25. The van der Waals surface area contributed by atoms with Crippen molar-refractivity contribution in [2.75, 3.05) is 27.2 Å². The number of pyridine rings is 1. The van der Waals surface area contributed by atoms with Crippen molar-refractivity contribution < 1.29 is 8.42 Å².